The van der Waals surface area contributed by atoms with Gasteiger partial charge in [0.2, 0.25) is 11.2 Å². The van der Waals surface area contributed by atoms with Gasteiger partial charge in [0.05, 0.1) is 23.9 Å². The second-order valence-electron chi connectivity index (χ2n) is 5.96. The van der Waals surface area contributed by atoms with Crippen LogP contribution in [0.2, 0.25) is 5.28 Å². The molecule has 0 radical (unpaired) electrons. The van der Waals surface area contributed by atoms with Gasteiger partial charge in [-0.3, -0.25) is 4.79 Å². The highest BCUT2D eigenvalue weighted by atomic mass is 79.9. The number of nitrogens with zero attached hydrogens (tertiary/aromatic N) is 4. The molecule has 11 heteroatoms. The summed E-state index contributed by atoms with van der Waals surface area (Å²) in [6.07, 6.45) is -0.663. The fraction of sp³-hybridized carbons (Fsp3) is 0.538. The molecule has 0 aliphatic heterocycles. The van der Waals surface area contributed by atoms with Crippen LogP contribution in [0.15, 0.2) is 6.33 Å². The number of amides is 1. The van der Waals surface area contributed by atoms with Crippen molar-refractivity contribution in [2.75, 3.05) is 11.4 Å². The van der Waals surface area contributed by atoms with Crippen molar-refractivity contribution < 1.29 is 15.0 Å². The van der Waals surface area contributed by atoms with E-state index in [9.17, 15) is 15.0 Å². The number of hydrogen-bond donors (Lipinski definition) is 4. The number of fused-ring (bicyclic) bond motifs is 1. The molecule has 4 atom stereocenters. The van der Waals surface area contributed by atoms with E-state index >= 15 is 0 Å². The van der Waals surface area contributed by atoms with Gasteiger partial charge >= 0.3 is 0 Å². The lowest BCUT2D eigenvalue weighted by molar-refractivity contribution is -0.136. The molecule has 130 valence electrons. The maximum absolute atomic E-state index is 12.2. The van der Waals surface area contributed by atoms with E-state index in [1.54, 1.807) is 11.5 Å². The number of aromatic nitrogens is 4. The molecule has 0 aromatic carbocycles. The first-order valence-corrected chi connectivity index (χ1v) is 8.35. The molecule has 0 spiro atoms. The number of aliphatic hydroxyl groups is 2. The number of carbonyl (C=O) groups excluding carboxylic acids is 1. The number of aliphatic hydroxyl groups excluding tert-OH is 2. The molecule has 2 heterocycles. The van der Waals surface area contributed by atoms with Gasteiger partial charge in [-0.15, -0.1) is 0 Å². The lowest BCUT2D eigenvalue weighted by Crippen LogP contribution is -2.45. The molecule has 2 aromatic rings. The molecule has 1 fully saturated rings. The second kappa shape index (κ2) is 6.10. The van der Waals surface area contributed by atoms with Gasteiger partial charge in [0.25, 0.3) is 0 Å². The molecule has 1 saturated carbocycles. The molecular weight excluding hydrogens is 404 g/mol. The smallest absolute Gasteiger partial charge is 0.228 e. The molecule has 1 unspecified atom stereocenters. The highest BCUT2D eigenvalue weighted by Crippen LogP contribution is 2.45. The van der Waals surface area contributed by atoms with Crippen LogP contribution >= 0.6 is 27.7 Å². The van der Waals surface area contributed by atoms with E-state index in [0.717, 1.165) is 0 Å². The molecule has 3 rings (SSSR count). The van der Waals surface area contributed by atoms with Gasteiger partial charge in [-0.05, 0) is 24.9 Å². The average molecular weight is 420 g/mol. The summed E-state index contributed by atoms with van der Waals surface area (Å²) in [5, 5.41) is 23.4. The van der Waals surface area contributed by atoms with Crippen molar-refractivity contribution in [3.63, 3.8) is 0 Å². The van der Waals surface area contributed by atoms with Crippen molar-refractivity contribution in [2.24, 2.45) is 5.41 Å². The first kappa shape index (κ1) is 17.3. The van der Waals surface area contributed by atoms with Crippen LogP contribution in [0.4, 0.5) is 5.82 Å². The minimum absolute atomic E-state index is 0.00768. The highest BCUT2D eigenvalue weighted by molar-refractivity contribution is 9.10. The van der Waals surface area contributed by atoms with Crippen molar-refractivity contribution in [3.05, 3.63) is 11.6 Å². The Morgan fingerprint density at radius 1 is 1.50 bits per heavy atom. The Balaban J connectivity index is 2.08. The SMILES string of the molecule is CNC(=O)[C@@]1(C)C[C@@H](n2cnc3c(NBr)nc(Cl)nc32)[C@@H](O)C1O. The Morgan fingerprint density at radius 3 is 2.83 bits per heavy atom. The summed E-state index contributed by atoms with van der Waals surface area (Å²) in [4.78, 5) is 24.6. The zero-order valence-electron chi connectivity index (χ0n) is 12.9. The maximum Gasteiger partial charge on any atom is 0.228 e. The van der Waals surface area contributed by atoms with E-state index in [2.05, 4.69) is 40.8 Å². The summed E-state index contributed by atoms with van der Waals surface area (Å²) in [6.45, 7) is 1.62. The van der Waals surface area contributed by atoms with E-state index in [1.807, 2.05) is 0 Å². The van der Waals surface area contributed by atoms with Gasteiger partial charge in [-0.2, -0.15) is 9.97 Å². The normalized spacial score (nSPS) is 29.8. The summed E-state index contributed by atoms with van der Waals surface area (Å²) >= 11 is 9.01. The van der Waals surface area contributed by atoms with Gasteiger partial charge in [-0.25, -0.2) is 4.98 Å². The predicted octanol–water partition coefficient (Wildman–Crippen LogP) is 0.620. The van der Waals surface area contributed by atoms with E-state index in [1.165, 1.54) is 13.4 Å². The third-order valence-electron chi connectivity index (χ3n) is 4.59. The van der Waals surface area contributed by atoms with Crippen LogP contribution in [0, 0.1) is 5.41 Å². The van der Waals surface area contributed by atoms with Gasteiger partial charge in [0, 0.05) is 23.2 Å². The molecule has 0 saturated heterocycles. The van der Waals surface area contributed by atoms with Crippen molar-refractivity contribution in [3.8, 4) is 0 Å². The maximum atomic E-state index is 12.2. The minimum atomic E-state index is -1.22. The Kier molecular flexibility index (Phi) is 4.41. The van der Waals surface area contributed by atoms with Crippen LogP contribution in [0.25, 0.3) is 11.2 Å². The number of rotatable bonds is 3. The lowest BCUT2D eigenvalue weighted by Gasteiger charge is -2.26. The number of imidazole rings is 1. The van der Waals surface area contributed by atoms with Crippen molar-refractivity contribution >= 4 is 50.6 Å². The average Bonchev–Trinajstić information content (AvgIpc) is 3.08. The van der Waals surface area contributed by atoms with E-state index < -0.39 is 23.7 Å². The Morgan fingerprint density at radius 2 is 2.21 bits per heavy atom. The number of nitrogens with one attached hydrogen (secondary N) is 2. The summed E-state index contributed by atoms with van der Waals surface area (Å²) in [5.74, 6) is 0.0438. The third-order valence-corrected chi connectivity index (χ3v) is 5.13. The Hall–Kier alpha value is -1.49. The monoisotopic (exact) mass is 418 g/mol. The lowest BCUT2D eigenvalue weighted by atomic mass is 9.85. The van der Waals surface area contributed by atoms with Crippen LogP contribution in [0.3, 0.4) is 0 Å². The summed E-state index contributed by atoms with van der Waals surface area (Å²) in [6, 6.07) is -0.582. The third kappa shape index (κ3) is 2.44. The van der Waals surface area contributed by atoms with Gasteiger partial charge < -0.3 is 24.4 Å². The van der Waals surface area contributed by atoms with Crippen LogP contribution in [-0.4, -0.2) is 54.9 Å². The topological polar surface area (TPSA) is 125 Å². The van der Waals surface area contributed by atoms with E-state index in [4.69, 9.17) is 11.6 Å². The van der Waals surface area contributed by atoms with Crippen molar-refractivity contribution in [2.45, 2.75) is 31.6 Å². The van der Waals surface area contributed by atoms with Gasteiger partial charge in [-0.1, -0.05) is 0 Å². The largest absolute Gasteiger partial charge is 0.389 e. The second-order valence-corrected chi connectivity index (χ2v) is 6.70. The molecule has 4 N–H and O–H groups in total. The predicted molar refractivity (Wildman–Crippen MR) is 90.7 cm³/mol. The first-order valence-electron chi connectivity index (χ1n) is 7.18. The molecule has 24 heavy (non-hydrogen) atoms. The zero-order valence-corrected chi connectivity index (χ0v) is 15.2. The molecule has 2 aromatic heterocycles. The van der Waals surface area contributed by atoms with E-state index in [-0.39, 0.29) is 17.6 Å². The van der Waals surface area contributed by atoms with Gasteiger partial charge in [0.1, 0.15) is 6.10 Å². The number of anilines is 1. The molecule has 1 amide bonds. The molecule has 0 bridgehead atoms. The summed E-state index contributed by atoms with van der Waals surface area (Å²) in [7, 11) is 1.49. The fourth-order valence-electron chi connectivity index (χ4n) is 3.24. The zero-order chi connectivity index (χ0) is 17.6. The Bertz CT molecular complexity index is 801. The van der Waals surface area contributed by atoms with Crippen LogP contribution in [-0.2, 0) is 4.79 Å². The van der Waals surface area contributed by atoms with Crippen molar-refractivity contribution in [1.82, 2.24) is 24.8 Å². The molecule has 1 aliphatic rings. The van der Waals surface area contributed by atoms with Gasteiger partial charge in [0.15, 0.2) is 17.0 Å². The highest BCUT2D eigenvalue weighted by Gasteiger charge is 2.54. The number of hydrogen-bond acceptors (Lipinski definition) is 7. The molecular formula is C13H16BrClN6O3. The summed E-state index contributed by atoms with van der Waals surface area (Å²) in [5.41, 5.74) is -0.274. The van der Waals surface area contributed by atoms with E-state index in [0.29, 0.717) is 17.0 Å². The number of halogens is 2. The quantitative estimate of drug-likeness (QED) is 0.424. The standard InChI is InChI=1S/C13H16BrClN6O3/c1-13(11(24)16-2)3-5(7(22)8(13)23)21-4-17-6-9(20-14)18-12(15)19-10(6)21/h4-5,7-8,22-23H,3H2,1-2H3,(H,16,24)(H,18,19,20)/t5-,7-,8?,13+/m1/s1. The first-order chi connectivity index (χ1) is 11.3. The fourth-order valence-corrected chi connectivity index (χ4v) is 3.68. The molecule has 9 nitrogen and oxygen atoms in total. The Labute approximate surface area is 150 Å². The molecule has 1 aliphatic carbocycles. The van der Waals surface area contributed by atoms with Crippen LogP contribution in [0.1, 0.15) is 19.4 Å². The number of carbonyl (C=O) groups is 1. The minimum Gasteiger partial charge on any atom is -0.389 e. The van der Waals surface area contributed by atoms with Crippen molar-refractivity contribution in [1.29, 1.82) is 0 Å². The summed E-state index contributed by atoms with van der Waals surface area (Å²) < 4.78 is 4.31. The van der Waals surface area contributed by atoms with Crippen LogP contribution in [0.5, 0.6) is 0 Å². The van der Waals surface area contributed by atoms with Crippen LogP contribution < -0.4 is 9.66 Å².